The van der Waals surface area contributed by atoms with Gasteiger partial charge in [0, 0.05) is 5.56 Å². The highest BCUT2D eigenvalue weighted by molar-refractivity contribution is 5.95. The second kappa shape index (κ2) is 6.31. The van der Waals surface area contributed by atoms with Gasteiger partial charge >= 0.3 is 5.97 Å². The molecule has 4 nitrogen and oxygen atoms in total. The third-order valence-electron chi connectivity index (χ3n) is 2.81. The molecular weight excluding hydrogens is 249 g/mol. The Bertz CT molecular complexity index is 486. The maximum atomic E-state index is 13.7. The number of ketones is 1. The number of hydrogen-bond donors (Lipinski definition) is 1. The zero-order valence-corrected chi connectivity index (χ0v) is 11.5. The van der Waals surface area contributed by atoms with Crippen LogP contribution in [-0.4, -0.2) is 24.9 Å². The standard InChI is InChI=1S/C14H18FNO3/c1-8(2)13(14(18)19-4)16-12-7-10(9(3)17)5-6-11(12)15/h5-8,13,16H,1-4H3. The summed E-state index contributed by atoms with van der Waals surface area (Å²) in [7, 11) is 1.28. The second-order valence-corrected chi connectivity index (χ2v) is 4.64. The lowest BCUT2D eigenvalue weighted by Gasteiger charge is -2.21. The van der Waals surface area contributed by atoms with Gasteiger partial charge in [-0.1, -0.05) is 13.8 Å². The summed E-state index contributed by atoms with van der Waals surface area (Å²) >= 11 is 0. The van der Waals surface area contributed by atoms with E-state index in [1.165, 1.54) is 32.2 Å². The van der Waals surface area contributed by atoms with Crippen LogP contribution in [0.25, 0.3) is 0 Å². The quantitative estimate of drug-likeness (QED) is 0.658. The summed E-state index contributed by atoms with van der Waals surface area (Å²) in [6.45, 7) is 5.04. The van der Waals surface area contributed by atoms with Crippen molar-refractivity contribution in [2.75, 3.05) is 12.4 Å². The van der Waals surface area contributed by atoms with Gasteiger partial charge in [-0.15, -0.1) is 0 Å². The maximum Gasteiger partial charge on any atom is 0.328 e. The van der Waals surface area contributed by atoms with Gasteiger partial charge in [-0.05, 0) is 31.0 Å². The van der Waals surface area contributed by atoms with Gasteiger partial charge in [0.05, 0.1) is 12.8 Å². The van der Waals surface area contributed by atoms with E-state index in [1.807, 2.05) is 13.8 Å². The van der Waals surface area contributed by atoms with Crippen molar-refractivity contribution >= 4 is 17.4 Å². The Morgan fingerprint density at radius 1 is 1.32 bits per heavy atom. The fraction of sp³-hybridized carbons (Fsp3) is 0.429. The molecule has 0 aliphatic rings. The van der Waals surface area contributed by atoms with E-state index < -0.39 is 17.8 Å². The first-order valence-corrected chi connectivity index (χ1v) is 6.01. The summed E-state index contributed by atoms with van der Waals surface area (Å²) in [4.78, 5) is 22.9. The largest absolute Gasteiger partial charge is 0.467 e. The van der Waals surface area contributed by atoms with Gasteiger partial charge in [0.15, 0.2) is 5.78 Å². The second-order valence-electron chi connectivity index (χ2n) is 4.64. The van der Waals surface area contributed by atoms with Crippen molar-refractivity contribution in [3.63, 3.8) is 0 Å². The molecule has 104 valence electrons. The SMILES string of the molecule is COC(=O)C(Nc1cc(C(C)=O)ccc1F)C(C)C. The van der Waals surface area contributed by atoms with Crippen LogP contribution in [0, 0.1) is 11.7 Å². The fourth-order valence-electron chi connectivity index (χ4n) is 1.65. The zero-order chi connectivity index (χ0) is 14.6. The van der Waals surface area contributed by atoms with Gasteiger partial charge in [-0.2, -0.15) is 0 Å². The Hall–Kier alpha value is -1.91. The van der Waals surface area contributed by atoms with Crippen molar-refractivity contribution in [2.45, 2.75) is 26.8 Å². The van der Waals surface area contributed by atoms with E-state index in [1.54, 1.807) is 0 Å². The van der Waals surface area contributed by atoms with Crippen LogP contribution in [0.15, 0.2) is 18.2 Å². The molecule has 0 aliphatic carbocycles. The molecule has 0 heterocycles. The smallest absolute Gasteiger partial charge is 0.328 e. The molecule has 1 unspecified atom stereocenters. The summed E-state index contributed by atoms with van der Waals surface area (Å²) in [5.74, 6) is -1.22. The number of halogens is 1. The van der Waals surface area contributed by atoms with E-state index in [4.69, 9.17) is 0 Å². The summed E-state index contributed by atoms with van der Waals surface area (Å²) in [5, 5.41) is 2.79. The van der Waals surface area contributed by atoms with Crippen LogP contribution in [0.2, 0.25) is 0 Å². The number of benzene rings is 1. The normalized spacial score (nSPS) is 12.1. The van der Waals surface area contributed by atoms with Crippen LogP contribution in [0.1, 0.15) is 31.1 Å². The minimum Gasteiger partial charge on any atom is -0.467 e. The predicted molar refractivity (Wildman–Crippen MR) is 70.7 cm³/mol. The fourth-order valence-corrected chi connectivity index (χ4v) is 1.65. The molecule has 1 N–H and O–H groups in total. The van der Waals surface area contributed by atoms with Crippen LogP contribution in [-0.2, 0) is 9.53 Å². The monoisotopic (exact) mass is 267 g/mol. The molecule has 0 saturated carbocycles. The number of nitrogens with one attached hydrogen (secondary N) is 1. The predicted octanol–water partition coefficient (Wildman–Crippen LogP) is 2.64. The van der Waals surface area contributed by atoms with Gasteiger partial charge in [0.25, 0.3) is 0 Å². The van der Waals surface area contributed by atoms with E-state index in [9.17, 15) is 14.0 Å². The lowest BCUT2D eigenvalue weighted by Crippen LogP contribution is -2.35. The Morgan fingerprint density at radius 3 is 2.42 bits per heavy atom. The number of methoxy groups -OCH3 is 1. The average Bonchev–Trinajstić information content (AvgIpc) is 2.36. The summed E-state index contributed by atoms with van der Waals surface area (Å²) in [5.41, 5.74) is 0.507. The van der Waals surface area contributed by atoms with Gasteiger partial charge < -0.3 is 10.1 Å². The van der Waals surface area contributed by atoms with Gasteiger partial charge in [-0.25, -0.2) is 9.18 Å². The summed E-state index contributed by atoms with van der Waals surface area (Å²) in [6.07, 6.45) is 0. The molecule has 0 aliphatic heterocycles. The molecule has 1 aromatic rings. The van der Waals surface area contributed by atoms with Gasteiger partial charge in [0.2, 0.25) is 0 Å². The van der Waals surface area contributed by atoms with Crippen LogP contribution in [0.4, 0.5) is 10.1 Å². The molecule has 19 heavy (non-hydrogen) atoms. The molecule has 1 rings (SSSR count). The molecular formula is C14H18FNO3. The average molecular weight is 267 g/mol. The molecule has 1 atom stereocenters. The van der Waals surface area contributed by atoms with E-state index >= 15 is 0 Å². The number of anilines is 1. The Labute approximate surface area is 112 Å². The maximum absolute atomic E-state index is 13.7. The summed E-state index contributed by atoms with van der Waals surface area (Å²) in [6, 6.07) is 3.34. The van der Waals surface area contributed by atoms with E-state index in [2.05, 4.69) is 10.1 Å². The lowest BCUT2D eigenvalue weighted by molar-refractivity contribution is -0.142. The number of esters is 1. The summed E-state index contributed by atoms with van der Waals surface area (Å²) < 4.78 is 18.4. The molecule has 0 amide bonds. The van der Waals surface area contributed by atoms with Crippen molar-refractivity contribution in [1.29, 1.82) is 0 Å². The Morgan fingerprint density at radius 2 is 1.95 bits per heavy atom. The van der Waals surface area contributed by atoms with Crippen molar-refractivity contribution in [3.8, 4) is 0 Å². The molecule has 5 heteroatoms. The van der Waals surface area contributed by atoms with Crippen molar-refractivity contribution in [1.82, 2.24) is 0 Å². The highest BCUT2D eigenvalue weighted by Gasteiger charge is 2.24. The molecule has 0 saturated heterocycles. The Kier molecular flexibility index (Phi) is 5.03. The number of carbonyl (C=O) groups is 2. The minimum absolute atomic E-state index is 0.0761. The van der Waals surface area contributed by atoms with E-state index in [0.29, 0.717) is 5.56 Å². The number of hydrogen-bond acceptors (Lipinski definition) is 4. The first-order chi connectivity index (χ1) is 8.86. The number of Topliss-reactive ketones (excluding diaryl/α,β-unsaturated/α-hetero) is 1. The molecule has 0 bridgehead atoms. The lowest BCUT2D eigenvalue weighted by atomic mass is 10.0. The molecule has 0 radical (unpaired) electrons. The molecule has 0 fully saturated rings. The minimum atomic E-state index is -0.665. The topological polar surface area (TPSA) is 55.4 Å². The third-order valence-corrected chi connectivity index (χ3v) is 2.81. The van der Waals surface area contributed by atoms with Crippen LogP contribution < -0.4 is 5.32 Å². The number of carbonyl (C=O) groups excluding carboxylic acids is 2. The Balaban J connectivity index is 3.05. The zero-order valence-electron chi connectivity index (χ0n) is 11.5. The van der Waals surface area contributed by atoms with Crippen molar-refractivity contribution in [3.05, 3.63) is 29.6 Å². The highest BCUT2D eigenvalue weighted by atomic mass is 19.1. The van der Waals surface area contributed by atoms with E-state index in [0.717, 1.165) is 0 Å². The molecule has 0 aromatic heterocycles. The molecule has 1 aromatic carbocycles. The number of ether oxygens (including phenoxy) is 1. The highest BCUT2D eigenvalue weighted by Crippen LogP contribution is 2.20. The van der Waals surface area contributed by atoms with Crippen LogP contribution in [0.3, 0.4) is 0 Å². The van der Waals surface area contributed by atoms with Crippen molar-refractivity contribution in [2.24, 2.45) is 5.92 Å². The first-order valence-electron chi connectivity index (χ1n) is 6.01. The first kappa shape index (κ1) is 15.1. The van der Waals surface area contributed by atoms with Gasteiger partial charge in [0.1, 0.15) is 11.9 Å². The van der Waals surface area contributed by atoms with Crippen LogP contribution in [0.5, 0.6) is 0 Å². The van der Waals surface area contributed by atoms with Crippen LogP contribution >= 0.6 is 0 Å². The van der Waals surface area contributed by atoms with E-state index in [-0.39, 0.29) is 17.4 Å². The number of rotatable bonds is 5. The molecule has 0 spiro atoms. The third kappa shape index (κ3) is 3.77. The van der Waals surface area contributed by atoms with Crippen molar-refractivity contribution < 1.29 is 18.7 Å². The van der Waals surface area contributed by atoms with Gasteiger partial charge in [-0.3, -0.25) is 4.79 Å².